The van der Waals surface area contributed by atoms with Crippen molar-refractivity contribution in [2.24, 2.45) is 5.73 Å². The number of carbonyl (C=O) groups excluding carboxylic acids is 1. The monoisotopic (exact) mass is 348 g/mol. The summed E-state index contributed by atoms with van der Waals surface area (Å²) >= 11 is 0. The van der Waals surface area contributed by atoms with Gasteiger partial charge in [-0.15, -0.1) is 12.4 Å². The van der Waals surface area contributed by atoms with Crippen LogP contribution in [0.15, 0.2) is 30.3 Å². The van der Waals surface area contributed by atoms with Gasteiger partial charge in [0.25, 0.3) is 0 Å². The lowest BCUT2D eigenvalue weighted by molar-refractivity contribution is -0.129. The second-order valence-electron chi connectivity index (χ2n) is 5.04. The van der Waals surface area contributed by atoms with Crippen molar-refractivity contribution < 1.29 is 13.2 Å². The van der Waals surface area contributed by atoms with Crippen molar-refractivity contribution >= 4 is 28.2 Å². The van der Waals surface area contributed by atoms with Gasteiger partial charge in [0.1, 0.15) is 5.75 Å². The Balaban J connectivity index is 0.00000441. The zero-order valence-corrected chi connectivity index (χ0v) is 14.5. The molecule has 22 heavy (non-hydrogen) atoms. The molecule has 0 saturated carbocycles. The van der Waals surface area contributed by atoms with Gasteiger partial charge < -0.3 is 10.6 Å². The molecular formula is C15H25ClN2O3S. The van der Waals surface area contributed by atoms with Crippen molar-refractivity contribution in [1.29, 1.82) is 0 Å². The molecule has 1 amide bonds. The van der Waals surface area contributed by atoms with Gasteiger partial charge >= 0.3 is 0 Å². The van der Waals surface area contributed by atoms with E-state index in [9.17, 15) is 13.2 Å². The van der Waals surface area contributed by atoms with Crippen LogP contribution in [0.3, 0.4) is 0 Å². The number of nitrogens with two attached hydrogens (primary N) is 1. The molecule has 0 saturated heterocycles. The van der Waals surface area contributed by atoms with Gasteiger partial charge in [0.15, 0.2) is 9.84 Å². The van der Waals surface area contributed by atoms with E-state index in [1.807, 2.05) is 30.3 Å². The molecule has 2 N–H and O–H groups in total. The first-order chi connectivity index (χ1) is 9.98. The van der Waals surface area contributed by atoms with Crippen LogP contribution < -0.4 is 5.73 Å². The smallest absolute Gasteiger partial charge is 0.238 e. The number of amides is 1. The first-order valence-electron chi connectivity index (χ1n) is 7.20. The average Bonchev–Trinajstić information content (AvgIpc) is 2.43. The second-order valence-corrected chi connectivity index (χ2v) is 7.22. The number of hydrogen-bond acceptors (Lipinski definition) is 4. The highest BCUT2D eigenvalue weighted by Gasteiger charge is 2.21. The van der Waals surface area contributed by atoms with E-state index in [-0.39, 0.29) is 24.1 Å². The number of nitrogens with zero attached hydrogens (tertiary/aromatic N) is 1. The first-order valence-corrected chi connectivity index (χ1v) is 9.03. The Morgan fingerprint density at radius 2 is 1.86 bits per heavy atom. The van der Waals surface area contributed by atoms with Crippen LogP contribution in [0.4, 0.5) is 0 Å². The fourth-order valence-electron chi connectivity index (χ4n) is 2.04. The Kier molecular flexibility index (Phi) is 10.1. The van der Waals surface area contributed by atoms with Crippen LogP contribution >= 0.6 is 12.4 Å². The van der Waals surface area contributed by atoms with E-state index in [0.717, 1.165) is 5.56 Å². The quantitative estimate of drug-likeness (QED) is 0.735. The summed E-state index contributed by atoms with van der Waals surface area (Å²) in [5.74, 6) is -0.715. The van der Waals surface area contributed by atoms with E-state index < -0.39 is 15.6 Å². The molecule has 0 bridgehead atoms. The lowest BCUT2D eigenvalue weighted by Gasteiger charge is -2.22. The fraction of sp³-hybridized carbons (Fsp3) is 0.533. The third-order valence-corrected chi connectivity index (χ3v) is 4.78. The van der Waals surface area contributed by atoms with Crippen molar-refractivity contribution in [1.82, 2.24) is 4.90 Å². The lowest BCUT2D eigenvalue weighted by atomic mass is 10.2. The summed E-state index contributed by atoms with van der Waals surface area (Å²) in [4.78, 5) is 13.8. The van der Waals surface area contributed by atoms with Crippen molar-refractivity contribution in [2.75, 3.05) is 24.6 Å². The summed E-state index contributed by atoms with van der Waals surface area (Å²) in [7, 11) is -3.32. The maximum Gasteiger partial charge on any atom is 0.238 e. The maximum absolute atomic E-state index is 12.2. The molecular weight excluding hydrogens is 324 g/mol. The van der Waals surface area contributed by atoms with Crippen LogP contribution in [0.25, 0.3) is 0 Å². The van der Waals surface area contributed by atoms with E-state index in [4.69, 9.17) is 5.73 Å². The molecule has 0 aromatic heterocycles. The summed E-state index contributed by atoms with van der Waals surface area (Å²) in [6.07, 6.45) is 1.18. The third kappa shape index (κ3) is 7.77. The van der Waals surface area contributed by atoms with Crippen LogP contribution in [-0.4, -0.2) is 43.8 Å². The van der Waals surface area contributed by atoms with Crippen LogP contribution in [-0.2, 0) is 21.2 Å². The highest BCUT2D eigenvalue weighted by Crippen LogP contribution is 2.07. The number of rotatable bonds is 9. The van der Waals surface area contributed by atoms with E-state index in [1.165, 1.54) is 0 Å². The van der Waals surface area contributed by atoms with Gasteiger partial charge in [-0.1, -0.05) is 37.3 Å². The van der Waals surface area contributed by atoms with Crippen molar-refractivity contribution in [3.8, 4) is 0 Å². The largest absolute Gasteiger partial charge is 0.337 e. The lowest BCUT2D eigenvalue weighted by Crippen LogP contribution is -2.37. The molecule has 1 aromatic carbocycles. The van der Waals surface area contributed by atoms with Gasteiger partial charge in [0.05, 0.1) is 5.75 Å². The molecule has 0 radical (unpaired) electrons. The molecule has 0 aliphatic rings. The fourth-order valence-corrected chi connectivity index (χ4v) is 3.37. The Hall–Kier alpha value is -1.11. The van der Waals surface area contributed by atoms with Crippen LogP contribution in [0, 0.1) is 0 Å². The number of carbonyl (C=O) groups is 1. The predicted octanol–water partition coefficient (Wildman–Crippen LogP) is 1.61. The SMILES string of the molecule is CCCS(=O)(=O)CC(=O)N(CCCN)Cc1ccccc1.Cl. The highest BCUT2D eigenvalue weighted by molar-refractivity contribution is 7.92. The Morgan fingerprint density at radius 3 is 2.41 bits per heavy atom. The van der Waals surface area contributed by atoms with Gasteiger partial charge in [0, 0.05) is 13.1 Å². The second kappa shape index (κ2) is 10.6. The van der Waals surface area contributed by atoms with Crippen molar-refractivity contribution in [3.63, 3.8) is 0 Å². The number of sulfone groups is 1. The summed E-state index contributed by atoms with van der Waals surface area (Å²) in [6.45, 7) is 3.16. The normalized spacial score (nSPS) is 10.8. The number of halogens is 1. The Labute approximate surface area is 139 Å². The van der Waals surface area contributed by atoms with Crippen molar-refractivity contribution in [2.45, 2.75) is 26.3 Å². The van der Waals surface area contributed by atoms with Gasteiger partial charge in [-0.3, -0.25) is 4.79 Å². The molecule has 0 fully saturated rings. The first kappa shape index (κ1) is 20.9. The third-order valence-electron chi connectivity index (χ3n) is 3.06. The molecule has 5 nitrogen and oxygen atoms in total. The van der Waals surface area contributed by atoms with Gasteiger partial charge in [-0.05, 0) is 24.9 Å². The molecule has 0 aliphatic carbocycles. The highest BCUT2D eigenvalue weighted by atomic mass is 35.5. The molecule has 126 valence electrons. The maximum atomic E-state index is 12.2. The van der Waals surface area contributed by atoms with E-state index in [1.54, 1.807) is 11.8 Å². The number of hydrogen-bond donors (Lipinski definition) is 1. The summed E-state index contributed by atoms with van der Waals surface area (Å²) < 4.78 is 23.6. The summed E-state index contributed by atoms with van der Waals surface area (Å²) in [5, 5.41) is 0. The summed E-state index contributed by atoms with van der Waals surface area (Å²) in [6, 6.07) is 9.54. The summed E-state index contributed by atoms with van der Waals surface area (Å²) in [5.41, 5.74) is 6.47. The molecule has 7 heteroatoms. The van der Waals surface area contributed by atoms with Crippen molar-refractivity contribution in [3.05, 3.63) is 35.9 Å². The molecule has 0 aliphatic heterocycles. The van der Waals surface area contributed by atoms with E-state index >= 15 is 0 Å². The molecule has 0 spiro atoms. The standard InChI is InChI=1S/C15H24N2O3S.ClH/c1-2-11-21(19,20)13-15(18)17(10-6-9-16)12-14-7-4-3-5-8-14;/h3-5,7-8H,2,6,9-13,16H2,1H3;1H. The van der Waals surface area contributed by atoms with Gasteiger partial charge in [0.2, 0.25) is 5.91 Å². The average molecular weight is 349 g/mol. The minimum Gasteiger partial charge on any atom is -0.337 e. The van der Waals surface area contributed by atoms with Crippen LogP contribution in [0.5, 0.6) is 0 Å². The Bertz CT molecular complexity index is 535. The van der Waals surface area contributed by atoms with E-state index in [0.29, 0.717) is 32.5 Å². The predicted molar refractivity (Wildman–Crippen MR) is 91.7 cm³/mol. The minimum atomic E-state index is -3.32. The number of benzene rings is 1. The molecule has 0 unspecified atom stereocenters. The molecule has 0 atom stereocenters. The van der Waals surface area contributed by atoms with Gasteiger partial charge in [-0.25, -0.2) is 8.42 Å². The van der Waals surface area contributed by atoms with Crippen LogP contribution in [0.2, 0.25) is 0 Å². The van der Waals surface area contributed by atoms with Gasteiger partial charge in [-0.2, -0.15) is 0 Å². The minimum absolute atomic E-state index is 0. The molecule has 0 heterocycles. The molecule has 1 aromatic rings. The Morgan fingerprint density at radius 1 is 1.23 bits per heavy atom. The zero-order chi connectivity index (χ0) is 15.7. The van der Waals surface area contributed by atoms with Crippen LogP contribution in [0.1, 0.15) is 25.3 Å². The topological polar surface area (TPSA) is 80.5 Å². The zero-order valence-electron chi connectivity index (χ0n) is 12.9. The van der Waals surface area contributed by atoms with E-state index in [2.05, 4.69) is 0 Å². The molecule has 1 rings (SSSR count).